The van der Waals surface area contributed by atoms with Crippen LogP contribution in [0.3, 0.4) is 0 Å². The lowest BCUT2D eigenvalue weighted by Crippen LogP contribution is -2.15. The van der Waals surface area contributed by atoms with Crippen LogP contribution < -0.4 is 5.56 Å². The number of rotatable bonds is 4. The van der Waals surface area contributed by atoms with Crippen molar-refractivity contribution < 1.29 is 15.0 Å². The quantitative estimate of drug-likeness (QED) is 0.665. The Bertz CT molecular complexity index is 1080. The van der Waals surface area contributed by atoms with Crippen LogP contribution in [0.15, 0.2) is 53.3 Å². The molecule has 0 amide bonds. The van der Waals surface area contributed by atoms with Crippen LogP contribution in [0.25, 0.3) is 22.5 Å². The number of H-pyrrole nitrogens is 1. The van der Waals surface area contributed by atoms with E-state index in [0.717, 1.165) is 16.7 Å². The molecule has 0 spiro atoms. The zero-order chi connectivity index (χ0) is 18.7. The minimum absolute atomic E-state index is 0.0434. The van der Waals surface area contributed by atoms with Crippen LogP contribution >= 0.6 is 0 Å². The van der Waals surface area contributed by atoms with E-state index in [1.165, 1.54) is 0 Å². The Kier molecular flexibility index (Phi) is 4.50. The molecule has 0 aliphatic heterocycles. The Labute approximate surface area is 147 Å². The number of carboxylic acids is 1. The zero-order valence-electron chi connectivity index (χ0n) is 13.4. The van der Waals surface area contributed by atoms with Gasteiger partial charge in [-0.05, 0) is 16.7 Å². The molecule has 0 unspecified atom stereocenters. The van der Waals surface area contributed by atoms with Gasteiger partial charge in [0, 0.05) is 5.56 Å². The van der Waals surface area contributed by atoms with Crippen LogP contribution in [0.2, 0.25) is 0 Å². The lowest BCUT2D eigenvalue weighted by molar-refractivity contribution is 0.0686. The first-order chi connectivity index (χ1) is 12.5. The number of nitriles is 1. The van der Waals surface area contributed by atoms with Gasteiger partial charge < -0.3 is 15.2 Å². The summed E-state index contributed by atoms with van der Waals surface area (Å²) in [7, 11) is 0. The normalized spacial score (nSPS) is 10.3. The van der Waals surface area contributed by atoms with Crippen LogP contribution in [0.4, 0.5) is 0 Å². The maximum Gasteiger partial charge on any atom is 0.358 e. The number of hydrogen-bond acceptors (Lipinski definition) is 5. The van der Waals surface area contributed by atoms with Crippen molar-refractivity contribution in [3.05, 3.63) is 70.1 Å². The summed E-state index contributed by atoms with van der Waals surface area (Å²) in [6.45, 7) is 0. The number of nitrogens with one attached hydrogen (secondary N) is 1. The first-order valence-corrected chi connectivity index (χ1v) is 7.63. The second-order valence-electron chi connectivity index (χ2n) is 5.49. The van der Waals surface area contributed by atoms with Gasteiger partial charge in [-0.3, -0.25) is 4.79 Å². The second kappa shape index (κ2) is 6.91. The highest BCUT2D eigenvalue weighted by atomic mass is 16.4. The van der Waals surface area contributed by atoms with Crippen LogP contribution in [0.5, 0.6) is 5.75 Å². The zero-order valence-corrected chi connectivity index (χ0v) is 13.4. The van der Waals surface area contributed by atoms with Crippen LogP contribution in [-0.4, -0.2) is 26.2 Å². The number of nitrogens with zero attached hydrogens (tertiary/aromatic N) is 2. The molecule has 0 saturated heterocycles. The van der Waals surface area contributed by atoms with E-state index in [4.69, 9.17) is 10.4 Å². The Morgan fingerprint density at radius 1 is 1.12 bits per heavy atom. The minimum Gasteiger partial charge on any atom is -0.501 e. The molecular weight excluding hydrogens is 334 g/mol. The van der Waals surface area contributed by atoms with E-state index < -0.39 is 23.0 Å². The average Bonchev–Trinajstić information content (AvgIpc) is 2.64. The second-order valence-corrected chi connectivity index (χ2v) is 5.49. The Morgan fingerprint density at radius 2 is 1.77 bits per heavy atom. The van der Waals surface area contributed by atoms with Crippen molar-refractivity contribution in [2.45, 2.75) is 6.42 Å². The maximum absolute atomic E-state index is 11.9. The van der Waals surface area contributed by atoms with Crippen LogP contribution in [0, 0.1) is 11.3 Å². The van der Waals surface area contributed by atoms with Crippen molar-refractivity contribution in [1.29, 1.82) is 5.26 Å². The average molecular weight is 347 g/mol. The molecule has 3 N–H and O–H groups in total. The molecule has 0 aliphatic carbocycles. The SMILES string of the molecule is N#CCc1ccc(-c2ccccc2-c2nc(C(=O)O)c(O)c(=O)[nH]2)cc1. The van der Waals surface area contributed by atoms with Crippen LogP contribution in [-0.2, 0) is 6.42 Å². The number of carboxylic acid groups (broad SMARTS) is 1. The fraction of sp³-hybridized carbons (Fsp3) is 0.0526. The predicted molar refractivity (Wildman–Crippen MR) is 93.7 cm³/mol. The Hall–Kier alpha value is -3.92. The maximum atomic E-state index is 11.9. The standard InChI is InChI=1S/C19H13N3O4/c20-10-9-11-5-7-12(8-6-11)13-3-1-2-4-14(13)17-21-15(19(25)26)16(23)18(24)22-17/h1-8,23H,9H2,(H,25,26)(H,21,22,24). The van der Waals surface area contributed by atoms with E-state index in [1.54, 1.807) is 18.2 Å². The van der Waals surface area contributed by atoms with Gasteiger partial charge in [-0.15, -0.1) is 0 Å². The number of aromatic nitrogens is 2. The summed E-state index contributed by atoms with van der Waals surface area (Å²) in [6.07, 6.45) is 0.302. The van der Waals surface area contributed by atoms with Gasteiger partial charge in [-0.2, -0.15) is 5.26 Å². The molecule has 0 atom stereocenters. The highest BCUT2D eigenvalue weighted by molar-refractivity contribution is 5.89. The topological polar surface area (TPSA) is 127 Å². The minimum atomic E-state index is -1.49. The molecule has 7 heteroatoms. The molecule has 0 fully saturated rings. The number of benzene rings is 2. The molecule has 2 aromatic carbocycles. The van der Waals surface area contributed by atoms with Crippen molar-refractivity contribution in [2.75, 3.05) is 0 Å². The fourth-order valence-electron chi connectivity index (χ4n) is 2.58. The van der Waals surface area contributed by atoms with E-state index in [1.807, 2.05) is 30.3 Å². The molecule has 0 aliphatic rings. The fourth-order valence-corrected chi connectivity index (χ4v) is 2.58. The summed E-state index contributed by atoms with van der Waals surface area (Å²) in [6, 6.07) is 16.4. The highest BCUT2D eigenvalue weighted by Gasteiger charge is 2.19. The van der Waals surface area contributed by atoms with Crippen molar-refractivity contribution in [1.82, 2.24) is 9.97 Å². The van der Waals surface area contributed by atoms with Crippen molar-refractivity contribution >= 4 is 5.97 Å². The number of aromatic carboxylic acids is 1. The molecular formula is C19H13N3O4. The lowest BCUT2D eigenvalue weighted by atomic mass is 9.97. The summed E-state index contributed by atoms with van der Waals surface area (Å²) < 4.78 is 0. The largest absolute Gasteiger partial charge is 0.501 e. The molecule has 0 bridgehead atoms. The smallest absolute Gasteiger partial charge is 0.358 e. The van der Waals surface area contributed by atoms with E-state index >= 15 is 0 Å². The monoisotopic (exact) mass is 347 g/mol. The summed E-state index contributed by atoms with van der Waals surface area (Å²) in [5.74, 6) is -2.38. The van der Waals surface area contributed by atoms with Gasteiger partial charge in [0.25, 0.3) is 5.56 Å². The van der Waals surface area contributed by atoms with E-state index in [2.05, 4.69) is 16.0 Å². The van der Waals surface area contributed by atoms with Gasteiger partial charge in [0.2, 0.25) is 5.75 Å². The van der Waals surface area contributed by atoms with E-state index in [9.17, 15) is 14.7 Å². The third kappa shape index (κ3) is 3.16. The van der Waals surface area contributed by atoms with Crippen LogP contribution in [0.1, 0.15) is 16.1 Å². The van der Waals surface area contributed by atoms with Crippen molar-refractivity contribution in [3.63, 3.8) is 0 Å². The first-order valence-electron chi connectivity index (χ1n) is 7.63. The number of aromatic amines is 1. The van der Waals surface area contributed by atoms with Gasteiger partial charge in [0.1, 0.15) is 5.82 Å². The molecule has 7 nitrogen and oxygen atoms in total. The Balaban J connectivity index is 2.15. The van der Waals surface area contributed by atoms with Gasteiger partial charge in [-0.25, -0.2) is 9.78 Å². The molecule has 0 radical (unpaired) electrons. The number of carbonyl (C=O) groups is 1. The van der Waals surface area contributed by atoms with E-state index in [0.29, 0.717) is 12.0 Å². The Morgan fingerprint density at radius 3 is 2.38 bits per heavy atom. The molecule has 1 aromatic heterocycles. The third-order valence-electron chi connectivity index (χ3n) is 3.83. The van der Waals surface area contributed by atoms with Gasteiger partial charge in [-0.1, -0.05) is 48.5 Å². The summed E-state index contributed by atoms with van der Waals surface area (Å²) >= 11 is 0. The molecule has 0 saturated carbocycles. The van der Waals surface area contributed by atoms with Gasteiger partial charge in [0.05, 0.1) is 12.5 Å². The van der Waals surface area contributed by atoms with Crippen molar-refractivity contribution in [3.8, 4) is 34.3 Å². The highest BCUT2D eigenvalue weighted by Crippen LogP contribution is 2.30. The number of aromatic hydroxyl groups is 1. The molecule has 3 rings (SSSR count). The summed E-state index contributed by atoms with van der Waals surface area (Å²) in [5.41, 5.74) is 1.30. The first kappa shape index (κ1) is 16.9. The number of hydrogen-bond donors (Lipinski definition) is 3. The summed E-state index contributed by atoms with van der Waals surface area (Å²) in [4.78, 5) is 29.4. The van der Waals surface area contributed by atoms with E-state index in [-0.39, 0.29) is 5.82 Å². The molecule has 1 heterocycles. The predicted octanol–water partition coefficient (Wildman–Crippen LogP) is 2.57. The third-order valence-corrected chi connectivity index (χ3v) is 3.83. The van der Waals surface area contributed by atoms with Crippen molar-refractivity contribution in [2.24, 2.45) is 0 Å². The van der Waals surface area contributed by atoms with Gasteiger partial charge in [0.15, 0.2) is 5.69 Å². The summed E-state index contributed by atoms with van der Waals surface area (Å²) in [5, 5.41) is 27.5. The molecule has 26 heavy (non-hydrogen) atoms. The molecule has 3 aromatic rings. The molecule has 128 valence electrons. The lowest BCUT2D eigenvalue weighted by Gasteiger charge is -2.10. The van der Waals surface area contributed by atoms with Gasteiger partial charge >= 0.3 is 5.97 Å².